The topological polar surface area (TPSA) is 63.0 Å². The molecule has 5 rings (SSSR count). The molecule has 2 aromatic heterocycles. The Morgan fingerprint density at radius 1 is 0.829 bits per heavy atom. The van der Waals surface area contributed by atoms with E-state index in [4.69, 9.17) is 4.98 Å². The van der Waals surface area contributed by atoms with Gasteiger partial charge in [-0.3, -0.25) is 14.8 Å². The Morgan fingerprint density at radius 2 is 1.57 bits per heavy atom. The summed E-state index contributed by atoms with van der Waals surface area (Å²) in [4.78, 5) is 9.70. The summed E-state index contributed by atoms with van der Waals surface area (Å²) in [5, 5.41) is 12.7. The summed E-state index contributed by atoms with van der Waals surface area (Å²) in [7, 11) is 0. The maximum Gasteiger partial charge on any atom is 0.205 e. The fraction of sp³-hybridized carbons (Fsp3) is 0.286. The van der Waals surface area contributed by atoms with Crippen molar-refractivity contribution in [3.05, 3.63) is 95.2 Å². The first-order valence-electron chi connectivity index (χ1n) is 12.1. The Labute approximate surface area is 206 Å². The molecular formula is C28H31N7. The average molecular weight is 466 g/mol. The zero-order chi connectivity index (χ0) is 24.0. The van der Waals surface area contributed by atoms with Gasteiger partial charge in [0.1, 0.15) is 5.69 Å². The van der Waals surface area contributed by atoms with Gasteiger partial charge in [-0.15, -0.1) is 5.10 Å². The molecule has 0 bridgehead atoms. The minimum atomic E-state index is 0.683. The van der Waals surface area contributed by atoms with Gasteiger partial charge >= 0.3 is 0 Å². The lowest BCUT2D eigenvalue weighted by atomic mass is 10.1. The fourth-order valence-corrected chi connectivity index (χ4v) is 4.67. The molecule has 2 aromatic carbocycles. The van der Waals surface area contributed by atoms with E-state index in [9.17, 15) is 0 Å². The molecular weight excluding hydrogens is 434 g/mol. The minimum absolute atomic E-state index is 0.683. The average Bonchev–Trinajstić information content (AvgIpc) is 3.35. The molecule has 7 nitrogen and oxygen atoms in total. The molecule has 3 heterocycles. The number of piperazine rings is 1. The van der Waals surface area contributed by atoms with E-state index in [2.05, 4.69) is 99.9 Å². The number of hydrogen-bond donors (Lipinski definition) is 0. The maximum atomic E-state index is 4.71. The van der Waals surface area contributed by atoms with Crippen molar-refractivity contribution in [1.29, 1.82) is 0 Å². The Balaban J connectivity index is 1.26. The lowest BCUT2D eigenvalue weighted by Gasteiger charge is -2.34. The van der Waals surface area contributed by atoms with Gasteiger partial charge in [-0.25, -0.2) is 0 Å². The molecule has 0 aliphatic carbocycles. The highest BCUT2D eigenvalue weighted by molar-refractivity contribution is 5.59. The first kappa shape index (κ1) is 23.1. The van der Waals surface area contributed by atoms with Crippen LogP contribution in [0.25, 0.3) is 23.3 Å². The van der Waals surface area contributed by atoms with Crippen molar-refractivity contribution in [2.45, 2.75) is 20.4 Å². The normalized spacial score (nSPS) is 15.1. The Morgan fingerprint density at radius 3 is 2.34 bits per heavy atom. The molecule has 1 fully saturated rings. The van der Waals surface area contributed by atoms with Crippen molar-refractivity contribution in [1.82, 2.24) is 35.0 Å². The molecule has 0 unspecified atom stereocenters. The number of aryl methyl sites for hydroxylation is 2. The third-order valence-corrected chi connectivity index (χ3v) is 6.56. The predicted molar refractivity (Wildman–Crippen MR) is 139 cm³/mol. The molecule has 0 N–H and O–H groups in total. The van der Waals surface area contributed by atoms with Crippen LogP contribution >= 0.6 is 0 Å². The zero-order valence-corrected chi connectivity index (χ0v) is 20.4. The van der Waals surface area contributed by atoms with Crippen LogP contribution < -0.4 is 0 Å². The standard InChI is InChI=1S/C28H31N7/c1-22-9-6-10-23(2)27(22)35-28(30-31-32-35)26-25(14-7-15-29-26)21-34-19-17-33(18-20-34)16-8-13-24-11-4-3-5-12-24/h3-15H,16-21H2,1-2H3. The quantitative estimate of drug-likeness (QED) is 0.408. The molecule has 1 aliphatic heterocycles. The van der Waals surface area contributed by atoms with E-state index in [1.165, 1.54) is 5.56 Å². The van der Waals surface area contributed by atoms with E-state index in [1.54, 1.807) is 0 Å². The van der Waals surface area contributed by atoms with Crippen molar-refractivity contribution in [2.75, 3.05) is 32.7 Å². The molecule has 1 saturated heterocycles. The lowest BCUT2D eigenvalue weighted by Crippen LogP contribution is -2.45. The number of nitrogens with zero attached hydrogens (tertiary/aromatic N) is 7. The van der Waals surface area contributed by atoms with E-state index < -0.39 is 0 Å². The SMILES string of the molecule is Cc1cccc(C)c1-n1nnnc1-c1ncccc1CN1CCN(CC=Cc2ccccc2)CC1. The maximum absolute atomic E-state index is 4.71. The Kier molecular flexibility index (Phi) is 7.07. The molecule has 4 aromatic rings. The van der Waals surface area contributed by atoms with Gasteiger partial charge in [0.05, 0.1) is 5.69 Å². The van der Waals surface area contributed by atoms with Gasteiger partial charge in [0, 0.05) is 45.5 Å². The van der Waals surface area contributed by atoms with Gasteiger partial charge in [0.15, 0.2) is 0 Å². The van der Waals surface area contributed by atoms with Crippen LogP contribution in [-0.4, -0.2) is 67.7 Å². The van der Waals surface area contributed by atoms with Crippen LogP contribution in [0.2, 0.25) is 0 Å². The van der Waals surface area contributed by atoms with Gasteiger partial charge < -0.3 is 0 Å². The zero-order valence-electron chi connectivity index (χ0n) is 20.4. The Hall–Kier alpha value is -3.68. The van der Waals surface area contributed by atoms with Gasteiger partial charge in [0.25, 0.3) is 0 Å². The highest BCUT2D eigenvalue weighted by Gasteiger charge is 2.21. The number of para-hydroxylation sites is 1. The minimum Gasteiger partial charge on any atom is -0.297 e. The van der Waals surface area contributed by atoms with Crippen LogP contribution in [0.4, 0.5) is 0 Å². The van der Waals surface area contributed by atoms with Crippen LogP contribution in [0, 0.1) is 13.8 Å². The molecule has 35 heavy (non-hydrogen) atoms. The summed E-state index contributed by atoms with van der Waals surface area (Å²) in [6.45, 7) is 10.1. The first-order chi connectivity index (χ1) is 17.2. The fourth-order valence-electron chi connectivity index (χ4n) is 4.67. The Bertz CT molecular complexity index is 1270. The second-order valence-corrected chi connectivity index (χ2v) is 9.06. The number of benzene rings is 2. The molecule has 178 valence electrons. The molecule has 0 atom stereocenters. The van der Waals surface area contributed by atoms with Gasteiger partial charge in [-0.1, -0.05) is 66.7 Å². The number of rotatable bonds is 7. The second kappa shape index (κ2) is 10.7. The molecule has 0 amide bonds. The van der Waals surface area contributed by atoms with Crippen molar-refractivity contribution >= 4 is 6.08 Å². The van der Waals surface area contributed by atoms with Crippen molar-refractivity contribution in [3.63, 3.8) is 0 Å². The number of aromatic nitrogens is 5. The molecule has 0 radical (unpaired) electrons. The van der Waals surface area contributed by atoms with Crippen LogP contribution in [0.15, 0.2) is 72.9 Å². The van der Waals surface area contributed by atoms with E-state index in [-0.39, 0.29) is 0 Å². The van der Waals surface area contributed by atoms with Crippen LogP contribution in [-0.2, 0) is 6.54 Å². The smallest absolute Gasteiger partial charge is 0.205 e. The second-order valence-electron chi connectivity index (χ2n) is 9.06. The number of pyridine rings is 1. The van der Waals surface area contributed by atoms with E-state index in [0.717, 1.165) is 67.3 Å². The van der Waals surface area contributed by atoms with E-state index in [0.29, 0.717) is 5.82 Å². The summed E-state index contributed by atoms with van der Waals surface area (Å²) >= 11 is 0. The van der Waals surface area contributed by atoms with Crippen LogP contribution in [0.1, 0.15) is 22.3 Å². The van der Waals surface area contributed by atoms with E-state index >= 15 is 0 Å². The largest absolute Gasteiger partial charge is 0.297 e. The molecule has 1 aliphatic rings. The van der Waals surface area contributed by atoms with Crippen LogP contribution in [0.5, 0.6) is 0 Å². The highest BCUT2D eigenvalue weighted by Crippen LogP contribution is 2.26. The summed E-state index contributed by atoms with van der Waals surface area (Å²) < 4.78 is 1.83. The van der Waals surface area contributed by atoms with Gasteiger partial charge in [-0.2, -0.15) is 4.68 Å². The predicted octanol–water partition coefficient (Wildman–Crippen LogP) is 4.17. The van der Waals surface area contributed by atoms with Crippen molar-refractivity contribution in [3.8, 4) is 17.2 Å². The van der Waals surface area contributed by atoms with Gasteiger partial charge in [-0.05, 0) is 52.6 Å². The number of hydrogen-bond acceptors (Lipinski definition) is 6. The van der Waals surface area contributed by atoms with Crippen LogP contribution in [0.3, 0.4) is 0 Å². The lowest BCUT2D eigenvalue weighted by molar-refractivity contribution is 0.137. The summed E-state index contributed by atoms with van der Waals surface area (Å²) in [6.07, 6.45) is 6.28. The van der Waals surface area contributed by atoms with E-state index in [1.807, 2.05) is 23.0 Å². The van der Waals surface area contributed by atoms with Gasteiger partial charge in [0.2, 0.25) is 5.82 Å². The molecule has 7 heteroatoms. The number of tetrazole rings is 1. The first-order valence-corrected chi connectivity index (χ1v) is 12.1. The monoisotopic (exact) mass is 465 g/mol. The molecule has 0 saturated carbocycles. The summed E-state index contributed by atoms with van der Waals surface area (Å²) in [5.41, 5.74) is 6.52. The third-order valence-electron chi connectivity index (χ3n) is 6.56. The van der Waals surface area contributed by atoms with Crippen molar-refractivity contribution in [2.24, 2.45) is 0 Å². The third kappa shape index (κ3) is 5.37. The van der Waals surface area contributed by atoms with Crippen molar-refractivity contribution < 1.29 is 0 Å². The highest BCUT2D eigenvalue weighted by atomic mass is 15.5. The summed E-state index contributed by atoms with van der Waals surface area (Å²) in [5.74, 6) is 0.683. The molecule has 0 spiro atoms. The summed E-state index contributed by atoms with van der Waals surface area (Å²) in [6, 6.07) is 20.8.